The van der Waals surface area contributed by atoms with Gasteiger partial charge in [-0.25, -0.2) is 5.14 Å². The maximum absolute atomic E-state index is 13.9. The number of carbonyl (C=O) groups excluding carboxylic acids is 4. The predicted octanol–water partition coefficient (Wildman–Crippen LogP) is 0.213. The van der Waals surface area contributed by atoms with E-state index in [1.54, 1.807) is 4.90 Å². The zero-order valence-corrected chi connectivity index (χ0v) is 29.9. The molecule has 2 aromatic carbocycles. The number of unbranched alkanes of at least 4 members (excludes halogenated alkanes) is 1. The van der Waals surface area contributed by atoms with Gasteiger partial charge in [0.1, 0.15) is 18.1 Å². The van der Waals surface area contributed by atoms with E-state index in [9.17, 15) is 27.6 Å². The summed E-state index contributed by atoms with van der Waals surface area (Å²) in [6.07, 6.45) is 3.07. The van der Waals surface area contributed by atoms with E-state index in [0.29, 0.717) is 38.6 Å². The summed E-state index contributed by atoms with van der Waals surface area (Å²) in [6.45, 7) is 4.84. The molecule has 0 radical (unpaired) electrons. The Hall–Kier alpha value is -3.89. The highest BCUT2D eigenvalue weighted by molar-refractivity contribution is 7.87. The summed E-state index contributed by atoms with van der Waals surface area (Å²) in [5.41, 5.74) is 13.6. The molecule has 3 rings (SSSR count). The van der Waals surface area contributed by atoms with Crippen molar-refractivity contribution in [3.05, 3.63) is 71.8 Å². The minimum atomic E-state index is -3.87. The quantitative estimate of drug-likeness (QED) is 0.0993. The lowest BCUT2D eigenvalue weighted by molar-refractivity contribution is -0.138. The standard InChI is InChI=1S/C35H54N8O6S/c1-24(2)21-30(33(45)39-29(15-9-10-18-36)35(47)43-19-16-27(17-20-43)42-50(38,48)49)41-34(46)31(23-26-13-7-4-8-14-26)40-32(44)28(37)22-25-11-5-3-6-12-25/h3-8,11-14,24,27-31,42H,9-10,15-23,36-37H2,1-2H3,(H,39,45)(H,40,44)(H,41,46)(H2,38,48,49)/t28-,29-,30?,31-/m1/s1. The lowest BCUT2D eigenvalue weighted by Crippen LogP contribution is -2.59. The number of carbonyl (C=O) groups is 4. The Bertz CT molecular complexity index is 1490. The molecule has 0 aliphatic carbocycles. The summed E-state index contributed by atoms with van der Waals surface area (Å²) in [5, 5.41) is 13.7. The molecule has 1 aliphatic rings. The fourth-order valence-corrected chi connectivity index (χ4v) is 6.67. The van der Waals surface area contributed by atoms with Gasteiger partial charge in [0, 0.05) is 25.6 Å². The summed E-state index contributed by atoms with van der Waals surface area (Å²) in [7, 11) is -3.87. The van der Waals surface area contributed by atoms with E-state index in [4.69, 9.17) is 16.6 Å². The van der Waals surface area contributed by atoms with Crippen LogP contribution >= 0.6 is 0 Å². The third-order valence-electron chi connectivity index (χ3n) is 8.59. The predicted molar refractivity (Wildman–Crippen MR) is 192 cm³/mol. The molecule has 50 heavy (non-hydrogen) atoms. The van der Waals surface area contributed by atoms with Crippen LogP contribution in [0, 0.1) is 5.92 Å². The number of hydrogen-bond donors (Lipinski definition) is 7. The summed E-state index contributed by atoms with van der Waals surface area (Å²) in [6, 6.07) is 14.4. The lowest BCUT2D eigenvalue weighted by atomic mass is 9.99. The third kappa shape index (κ3) is 14.2. The van der Waals surface area contributed by atoms with Crippen molar-refractivity contribution in [1.82, 2.24) is 25.6 Å². The highest BCUT2D eigenvalue weighted by atomic mass is 32.2. The second kappa shape index (κ2) is 20.1. The van der Waals surface area contributed by atoms with Gasteiger partial charge in [-0.1, -0.05) is 74.5 Å². The molecule has 1 fully saturated rings. The van der Waals surface area contributed by atoms with Crippen molar-refractivity contribution in [2.24, 2.45) is 22.5 Å². The Morgan fingerprint density at radius 1 is 0.780 bits per heavy atom. The minimum absolute atomic E-state index is 0.00394. The summed E-state index contributed by atoms with van der Waals surface area (Å²) < 4.78 is 25.3. The number of amides is 4. The minimum Gasteiger partial charge on any atom is -0.343 e. The number of nitrogens with zero attached hydrogens (tertiary/aromatic N) is 1. The first kappa shape index (κ1) is 40.5. The van der Waals surface area contributed by atoms with Crippen molar-refractivity contribution < 1.29 is 27.6 Å². The first-order chi connectivity index (χ1) is 23.8. The molecule has 2 aromatic rings. The van der Waals surface area contributed by atoms with Crippen molar-refractivity contribution in [1.29, 1.82) is 0 Å². The van der Waals surface area contributed by atoms with Crippen molar-refractivity contribution in [3.8, 4) is 0 Å². The highest BCUT2D eigenvalue weighted by Gasteiger charge is 2.33. The Labute approximate surface area is 295 Å². The number of nitrogens with two attached hydrogens (primary N) is 3. The van der Waals surface area contributed by atoms with Crippen molar-refractivity contribution in [2.75, 3.05) is 19.6 Å². The van der Waals surface area contributed by atoms with Crippen LogP contribution in [0.25, 0.3) is 0 Å². The molecule has 4 amide bonds. The molecule has 276 valence electrons. The van der Waals surface area contributed by atoms with Gasteiger partial charge in [-0.3, -0.25) is 19.2 Å². The van der Waals surface area contributed by atoms with Gasteiger partial charge in [-0.2, -0.15) is 13.1 Å². The van der Waals surface area contributed by atoms with E-state index in [1.807, 2.05) is 74.5 Å². The normalized spacial score (nSPS) is 16.2. The molecule has 4 atom stereocenters. The van der Waals surface area contributed by atoms with Crippen LogP contribution in [-0.2, 0) is 42.2 Å². The van der Waals surface area contributed by atoms with Crippen molar-refractivity contribution in [3.63, 3.8) is 0 Å². The van der Waals surface area contributed by atoms with E-state index in [2.05, 4.69) is 20.7 Å². The largest absolute Gasteiger partial charge is 0.343 e. The van der Waals surface area contributed by atoms with Crippen LogP contribution in [0.1, 0.15) is 63.5 Å². The van der Waals surface area contributed by atoms with E-state index in [-0.39, 0.29) is 50.2 Å². The molecule has 0 bridgehead atoms. The Morgan fingerprint density at radius 3 is 1.84 bits per heavy atom. The van der Waals surface area contributed by atoms with Crippen molar-refractivity contribution in [2.45, 2.75) is 95.4 Å². The Morgan fingerprint density at radius 2 is 1.30 bits per heavy atom. The molecule has 10 N–H and O–H groups in total. The van der Waals surface area contributed by atoms with Crippen molar-refractivity contribution >= 4 is 33.8 Å². The molecule has 0 aromatic heterocycles. The van der Waals surface area contributed by atoms with Crippen LogP contribution in [0.3, 0.4) is 0 Å². The number of nitrogens with one attached hydrogen (secondary N) is 4. The van der Waals surface area contributed by atoms with Gasteiger partial charge in [-0.15, -0.1) is 0 Å². The molecule has 1 heterocycles. The van der Waals surface area contributed by atoms with Gasteiger partial charge in [0.25, 0.3) is 10.2 Å². The summed E-state index contributed by atoms with van der Waals surface area (Å²) in [4.78, 5) is 56.3. The van der Waals surface area contributed by atoms with Crippen LogP contribution in [0.5, 0.6) is 0 Å². The average molecular weight is 715 g/mol. The number of benzene rings is 2. The van der Waals surface area contributed by atoms with Gasteiger partial charge in [0.05, 0.1) is 6.04 Å². The number of likely N-dealkylation sites (tertiary alicyclic amines) is 1. The van der Waals surface area contributed by atoms with E-state index in [1.165, 1.54) is 0 Å². The van der Waals surface area contributed by atoms with Gasteiger partial charge < -0.3 is 32.3 Å². The number of hydrogen-bond acceptors (Lipinski definition) is 8. The molecule has 0 spiro atoms. The topological polar surface area (TPSA) is 232 Å². The lowest BCUT2D eigenvalue weighted by Gasteiger charge is -2.35. The fraction of sp³-hybridized carbons (Fsp3) is 0.543. The maximum atomic E-state index is 13.9. The summed E-state index contributed by atoms with van der Waals surface area (Å²) >= 11 is 0. The molecule has 0 saturated carbocycles. The van der Waals surface area contributed by atoms with Crippen LogP contribution in [0.4, 0.5) is 0 Å². The van der Waals surface area contributed by atoms with Crippen LogP contribution in [0.2, 0.25) is 0 Å². The van der Waals surface area contributed by atoms with E-state index in [0.717, 1.165) is 11.1 Å². The smallest absolute Gasteiger partial charge is 0.274 e. The Balaban J connectivity index is 1.75. The molecule has 14 nitrogen and oxygen atoms in total. The van der Waals surface area contributed by atoms with Gasteiger partial charge in [-0.05, 0) is 68.5 Å². The van der Waals surface area contributed by atoms with Gasteiger partial charge in [0.2, 0.25) is 23.6 Å². The SMILES string of the molecule is CC(C)CC(NC(=O)[C@@H](Cc1ccccc1)NC(=O)[C@H](N)Cc1ccccc1)C(=O)N[C@H](CCCCN)C(=O)N1CCC(NS(N)(=O)=O)CC1. The third-order valence-corrected chi connectivity index (χ3v) is 9.25. The van der Waals surface area contributed by atoms with Crippen LogP contribution in [-0.4, -0.2) is 86.8 Å². The number of piperidine rings is 1. The molecule has 15 heteroatoms. The number of rotatable bonds is 19. The molecule has 1 aliphatic heterocycles. The fourth-order valence-electron chi connectivity index (χ4n) is 5.97. The maximum Gasteiger partial charge on any atom is 0.274 e. The molecular weight excluding hydrogens is 661 g/mol. The van der Waals surface area contributed by atoms with Crippen LogP contribution in [0.15, 0.2) is 60.7 Å². The zero-order valence-electron chi connectivity index (χ0n) is 29.1. The van der Waals surface area contributed by atoms with Gasteiger partial charge in [0.15, 0.2) is 0 Å². The van der Waals surface area contributed by atoms with E-state index < -0.39 is 52.1 Å². The Kier molecular flexibility index (Phi) is 16.3. The molecular formula is C35H54N8O6S. The van der Waals surface area contributed by atoms with Crippen LogP contribution < -0.4 is 37.3 Å². The average Bonchev–Trinajstić information content (AvgIpc) is 3.07. The molecule has 1 saturated heterocycles. The molecule has 1 unspecified atom stereocenters. The van der Waals surface area contributed by atoms with E-state index >= 15 is 0 Å². The monoisotopic (exact) mass is 714 g/mol. The second-order valence-corrected chi connectivity index (χ2v) is 14.7. The zero-order chi connectivity index (χ0) is 36.7. The first-order valence-corrected chi connectivity index (χ1v) is 18.8. The van der Waals surface area contributed by atoms with Gasteiger partial charge >= 0.3 is 0 Å². The summed E-state index contributed by atoms with van der Waals surface area (Å²) in [5.74, 6) is -1.85. The highest BCUT2D eigenvalue weighted by Crippen LogP contribution is 2.15. The first-order valence-electron chi connectivity index (χ1n) is 17.3. The second-order valence-electron chi connectivity index (χ2n) is 13.3.